The fraction of sp³-hybridized carbons (Fsp3) is 0.500. The van der Waals surface area contributed by atoms with Crippen molar-refractivity contribution in [1.29, 1.82) is 0 Å². The SMILES string of the molecule is OB(O)c1ccc2c3c1CCC[C@@H]3CC2. The Morgan fingerprint density at radius 3 is 2.80 bits per heavy atom. The van der Waals surface area contributed by atoms with Gasteiger partial charge in [-0.25, -0.2) is 0 Å². The largest absolute Gasteiger partial charge is 0.488 e. The maximum Gasteiger partial charge on any atom is 0.488 e. The molecule has 0 saturated carbocycles. The second-order valence-corrected chi connectivity index (χ2v) is 4.71. The van der Waals surface area contributed by atoms with Crippen molar-refractivity contribution in [2.75, 3.05) is 0 Å². The molecule has 2 aliphatic rings. The smallest absolute Gasteiger partial charge is 0.423 e. The van der Waals surface area contributed by atoms with Gasteiger partial charge in [0.2, 0.25) is 0 Å². The molecule has 2 nitrogen and oxygen atoms in total. The maximum atomic E-state index is 9.33. The Balaban J connectivity index is 2.19. The van der Waals surface area contributed by atoms with Crippen LogP contribution in [0.5, 0.6) is 0 Å². The minimum Gasteiger partial charge on any atom is -0.423 e. The molecule has 0 aromatic heterocycles. The van der Waals surface area contributed by atoms with Crippen LogP contribution in [0.4, 0.5) is 0 Å². The molecule has 3 rings (SSSR count). The van der Waals surface area contributed by atoms with Crippen molar-refractivity contribution in [2.45, 2.75) is 38.0 Å². The highest BCUT2D eigenvalue weighted by molar-refractivity contribution is 6.59. The van der Waals surface area contributed by atoms with Gasteiger partial charge in [-0.2, -0.15) is 0 Å². The van der Waals surface area contributed by atoms with Crippen LogP contribution in [0.25, 0.3) is 0 Å². The van der Waals surface area contributed by atoms with Crippen LogP contribution >= 0.6 is 0 Å². The Bertz CT molecular complexity index is 401. The van der Waals surface area contributed by atoms with Crippen LogP contribution in [-0.2, 0) is 12.8 Å². The molecular weight excluding hydrogens is 187 g/mol. The summed E-state index contributed by atoms with van der Waals surface area (Å²) in [5, 5.41) is 18.7. The highest BCUT2D eigenvalue weighted by Gasteiger charge is 2.31. The number of hydrogen-bond donors (Lipinski definition) is 2. The third-order valence-corrected chi connectivity index (χ3v) is 3.91. The van der Waals surface area contributed by atoms with Crippen molar-refractivity contribution >= 4 is 12.6 Å². The first-order valence-corrected chi connectivity index (χ1v) is 5.78. The summed E-state index contributed by atoms with van der Waals surface area (Å²) < 4.78 is 0. The molecule has 0 spiro atoms. The van der Waals surface area contributed by atoms with Crippen molar-refractivity contribution in [3.63, 3.8) is 0 Å². The molecule has 15 heavy (non-hydrogen) atoms. The van der Waals surface area contributed by atoms with Gasteiger partial charge in [0.1, 0.15) is 0 Å². The fourth-order valence-electron chi connectivity index (χ4n) is 3.27. The van der Waals surface area contributed by atoms with E-state index in [4.69, 9.17) is 0 Å². The lowest BCUT2D eigenvalue weighted by Crippen LogP contribution is -2.35. The molecule has 0 radical (unpaired) electrons. The standard InChI is InChI=1S/C12H15BO2/c14-13(15)11-7-6-9-5-4-8-2-1-3-10(11)12(8)9/h6-8,14-15H,1-5H2/t8-/m1/s1. The van der Waals surface area contributed by atoms with Gasteiger partial charge in [0.05, 0.1) is 0 Å². The Hall–Kier alpha value is -0.795. The molecule has 1 atom stereocenters. The molecule has 0 fully saturated rings. The Kier molecular flexibility index (Phi) is 2.11. The van der Waals surface area contributed by atoms with Crippen LogP contribution in [0, 0.1) is 0 Å². The lowest BCUT2D eigenvalue weighted by molar-refractivity contribution is 0.424. The van der Waals surface area contributed by atoms with Gasteiger partial charge in [-0.15, -0.1) is 0 Å². The zero-order chi connectivity index (χ0) is 10.4. The van der Waals surface area contributed by atoms with Crippen LogP contribution < -0.4 is 5.46 Å². The van der Waals surface area contributed by atoms with E-state index in [1.165, 1.54) is 42.4 Å². The van der Waals surface area contributed by atoms with E-state index in [0.717, 1.165) is 11.9 Å². The van der Waals surface area contributed by atoms with Gasteiger partial charge in [0, 0.05) is 0 Å². The first-order chi connectivity index (χ1) is 7.27. The molecular formula is C12H15BO2. The van der Waals surface area contributed by atoms with Crippen molar-refractivity contribution in [2.24, 2.45) is 0 Å². The van der Waals surface area contributed by atoms with Crippen LogP contribution in [0.3, 0.4) is 0 Å². The van der Waals surface area contributed by atoms with Crippen molar-refractivity contribution in [1.82, 2.24) is 0 Å². The van der Waals surface area contributed by atoms with Gasteiger partial charge in [0.15, 0.2) is 0 Å². The van der Waals surface area contributed by atoms with E-state index >= 15 is 0 Å². The number of rotatable bonds is 1. The van der Waals surface area contributed by atoms with Gasteiger partial charge >= 0.3 is 7.12 Å². The normalized spacial score (nSPS) is 22.7. The summed E-state index contributed by atoms with van der Waals surface area (Å²) in [4.78, 5) is 0. The summed E-state index contributed by atoms with van der Waals surface area (Å²) in [5.74, 6) is 0.697. The predicted molar refractivity (Wildman–Crippen MR) is 60.3 cm³/mol. The zero-order valence-electron chi connectivity index (χ0n) is 8.74. The van der Waals surface area contributed by atoms with Gasteiger partial charge in [-0.1, -0.05) is 12.1 Å². The predicted octanol–water partition coefficient (Wildman–Crippen LogP) is 0.732. The molecule has 2 N–H and O–H groups in total. The molecule has 1 aromatic rings. The quantitative estimate of drug-likeness (QED) is 0.659. The summed E-state index contributed by atoms with van der Waals surface area (Å²) in [6.45, 7) is 0. The summed E-state index contributed by atoms with van der Waals surface area (Å²) in [7, 11) is -1.30. The highest BCUT2D eigenvalue weighted by atomic mass is 16.4. The molecule has 2 aliphatic carbocycles. The second-order valence-electron chi connectivity index (χ2n) is 4.71. The molecule has 1 aromatic carbocycles. The van der Waals surface area contributed by atoms with E-state index in [0.29, 0.717) is 5.92 Å². The molecule has 0 amide bonds. The Morgan fingerprint density at radius 1 is 1.13 bits per heavy atom. The molecule has 0 unspecified atom stereocenters. The fourth-order valence-corrected chi connectivity index (χ4v) is 3.27. The third-order valence-electron chi connectivity index (χ3n) is 3.91. The van der Waals surface area contributed by atoms with Gasteiger partial charge in [-0.3, -0.25) is 0 Å². The first-order valence-electron chi connectivity index (χ1n) is 5.78. The van der Waals surface area contributed by atoms with Crippen LogP contribution in [-0.4, -0.2) is 17.2 Å². The van der Waals surface area contributed by atoms with Gasteiger partial charge in [0.25, 0.3) is 0 Å². The third kappa shape index (κ3) is 1.34. The lowest BCUT2D eigenvalue weighted by atomic mass is 9.70. The summed E-state index contributed by atoms with van der Waals surface area (Å²) in [6, 6.07) is 3.98. The molecule has 0 heterocycles. The minimum atomic E-state index is -1.30. The van der Waals surface area contributed by atoms with Gasteiger partial charge < -0.3 is 10.0 Å². The van der Waals surface area contributed by atoms with Crippen molar-refractivity contribution in [3.05, 3.63) is 28.8 Å². The monoisotopic (exact) mass is 202 g/mol. The van der Waals surface area contributed by atoms with E-state index in [-0.39, 0.29) is 0 Å². The van der Waals surface area contributed by atoms with Crippen LogP contribution in [0.1, 0.15) is 41.9 Å². The Morgan fingerprint density at radius 2 is 2.00 bits per heavy atom. The molecule has 3 heteroatoms. The topological polar surface area (TPSA) is 40.5 Å². The van der Waals surface area contributed by atoms with E-state index in [1.54, 1.807) is 0 Å². The molecule has 78 valence electrons. The van der Waals surface area contributed by atoms with Crippen molar-refractivity contribution in [3.8, 4) is 0 Å². The molecule has 0 saturated heterocycles. The molecule has 0 aliphatic heterocycles. The summed E-state index contributed by atoms with van der Waals surface area (Å²) >= 11 is 0. The average molecular weight is 202 g/mol. The number of benzene rings is 1. The zero-order valence-corrected chi connectivity index (χ0v) is 8.74. The van der Waals surface area contributed by atoms with Crippen LogP contribution in [0.2, 0.25) is 0 Å². The first kappa shape index (κ1) is 9.43. The number of aryl methyl sites for hydroxylation is 1. The molecule has 0 bridgehead atoms. The number of hydrogen-bond acceptors (Lipinski definition) is 2. The highest BCUT2D eigenvalue weighted by Crippen LogP contribution is 2.41. The van der Waals surface area contributed by atoms with E-state index < -0.39 is 7.12 Å². The second kappa shape index (κ2) is 3.36. The average Bonchev–Trinajstić information content (AvgIpc) is 2.64. The Labute approximate surface area is 90.1 Å². The van der Waals surface area contributed by atoms with E-state index in [1.807, 2.05) is 6.07 Å². The maximum absolute atomic E-state index is 9.33. The van der Waals surface area contributed by atoms with E-state index in [9.17, 15) is 10.0 Å². The summed E-state index contributed by atoms with van der Waals surface area (Å²) in [5.41, 5.74) is 4.86. The van der Waals surface area contributed by atoms with Crippen LogP contribution in [0.15, 0.2) is 12.1 Å². The van der Waals surface area contributed by atoms with E-state index in [2.05, 4.69) is 6.07 Å². The van der Waals surface area contributed by atoms with Gasteiger partial charge in [-0.05, 0) is 60.2 Å². The van der Waals surface area contributed by atoms with Crippen molar-refractivity contribution < 1.29 is 10.0 Å². The lowest BCUT2D eigenvalue weighted by Gasteiger charge is -2.24. The minimum absolute atomic E-state index is 0.697. The summed E-state index contributed by atoms with van der Waals surface area (Å²) in [6.07, 6.45) is 5.93.